The predicted molar refractivity (Wildman–Crippen MR) is 76.7 cm³/mol. The first-order valence-corrected chi connectivity index (χ1v) is 7.42. The molecule has 0 aromatic carbocycles. The molecule has 7 heteroatoms. The van der Waals surface area contributed by atoms with Gasteiger partial charge in [-0.15, -0.1) is 11.3 Å². The van der Waals surface area contributed by atoms with E-state index in [4.69, 9.17) is 0 Å². The number of nitrogens with one attached hydrogen (secondary N) is 1. The third-order valence-corrected chi connectivity index (χ3v) is 4.00. The molecule has 0 unspecified atom stereocenters. The van der Waals surface area contributed by atoms with E-state index in [0.717, 1.165) is 30.9 Å². The van der Waals surface area contributed by atoms with Crippen molar-refractivity contribution in [3.8, 4) is 0 Å². The fourth-order valence-corrected chi connectivity index (χ4v) is 2.97. The highest BCUT2D eigenvalue weighted by Gasteiger charge is 2.32. The Morgan fingerprint density at radius 2 is 2.40 bits per heavy atom. The summed E-state index contributed by atoms with van der Waals surface area (Å²) in [5.41, 5.74) is 3.03. The lowest BCUT2D eigenvalue weighted by atomic mass is 10.1. The van der Waals surface area contributed by atoms with E-state index in [1.54, 1.807) is 30.3 Å². The van der Waals surface area contributed by atoms with Crippen LogP contribution in [0.1, 0.15) is 35.1 Å². The molecule has 1 aliphatic heterocycles. The SMILES string of the molecule is CNc1cncc([C@@H]2CCCN2C(=O)c2cscn2)n1. The Hall–Kier alpha value is -2.02. The number of nitrogens with zero attached hydrogens (tertiary/aromatic N) is 4. The number of amides is 1. The van der Waals surface area contributed by atoms with Crippen molar-refractivity contribution in [1.82, 2.24) is 19.9 Å². The van der Waals surface area contributed by atoms with Crippen LogP contribution in [0.4, 0.5) is 5.82 Å². The fraction of sp³-hybridized carbons (Fsp3) is 0.385. The number of aromatic nitrogens is 3. The molecular weight excluding hydrogens is 274 g/mol. The van der Waals surface area contributed by atoms with Crippen molar-refractivity contribution in [1.29, 1.82) is 0 Å². The van der Waals surface area contributed by atoms with Gasteiger partial charge in [-0.1, -0.05) is 0 Å². The zero-order chi connectivity index (χ0) is 13.9. The van der Waals surface area contributed by atoms with Crippen molar-refractivity contribution in [3.05, 3.63) is 34.7 Å². The van der Waals surface area contributed by atoms with Gasteiger partial charge in [-0.2, -0.15) is 0 Å². The predicted octanol–water partition coefficient (Wildman–Crippen LogP) is 1.95. The number of hydrogen-bond donors (Lipinski definition) is 1. The molecule has 0 bridgehead atoms. The van der Waals surface area contributed by atoms with Crippen LogP contribution in [0.25, 0.3) is 0 Å². The molecule has 3 heterocycles. The Kier molecular flexibility index (Phi) is 3.60. The third-order valence-electron chi connectivity index (χ3n) is 3.42. The molecule has 1 aliphatic rings. The highest BCUT2D eigenvalue weighted by molar-refractivity contribution is 7.07. The molecule has 0 saturated carbocycles. The first-order valence-electron chi connectivity index (χ1n) is 6.48. The Balaban J connectivity index is 1.86. The molecule has 1 atom stereocenters. The lowest BCUT2D eigenvalue weighted by molar-refractivity contribution is 0.0727. The average Bonchev–Trinajstić information content (AvgIpc) is 3.17. The Morgan fingerprint density at radius 3 is 3.15 bits per heavy atom. The van der Waals surface area contributed by atoms with Crippen molar-refractivity contribution in [3.63, 3.8) is 0 Å². The van der Waals surface area contributed by atoms with Crippen molar-refractivity contribution in [2.45, 2.75) is 18.9 Å². The van der Waals surface area contributed by atoms with E-state index in [-0.39, 0.29) is 11.9 Å². The van der Waals surface area contributed by atoms with Gasteiger partial charge in [-0.05, 0) is 12.8 Å². The van der Waals surface area contributed by atoms with Crippen LogP contribution in [0, 0.1) is 0 Å². The first kappa shape index (κ1) is 13.0. The first-order chi connectivity index (χ1) is 9.79. The summed E-state index contributed by atoms with van der Waals surface area (Å²) < 4.78 is 0. The van der Waals surface area contributed by atoms with Gasteiger partial charge in [-0.3, -0.25) is 9.78 Å². The highest BCUT2D eigenvalue weighted by atomic mass is 32.1. The summed E-state index contributed by atoms with van der Waals surface area (Å²) in [6.45, 7) is 0.743. The van der Waals surface area contributed by atoms with Crippen molar-refractivity contribution < 1.29 is 4.79 Å². The van der Waals surface area contributed by atoms with Gasteiger partial charge in [0.1, 0.15) is 11.5 Å². The summed E-state index contributed by atoms with van der Waals surface area (Å²) in [7, 11) is 1.81. The zero-order valence-electron chi connectivity index (χ0n) is 11.1. The van der Waals surface area contributed by atoms with Gasteiger partial charge in [0.05, 0.1) is 29.6 Å². The van der Waals surface area contributed by atoms with E-state index in [1.807, 2.05) is 4.90 Å². The number of thiazole rings is 1. The Bertz CT molecular complexity index is 601. The maximum atomic E-state index is 12.5. The Morgan fingerprint density at radius 1 is 1.50 bits per heavy atom. The van der Waals surface area contributed by atoms with Gasteiger partial charge in [0.2, 0.25) is 0 Å². The summed E-state index contributed by atoms with van der Waals surface area (Å²) in [4.78, 5) is 27.1. The molecule has 20 heavy (non-hydrogen) atoms. The highest BCUT2D eigenvalue weighted by Crippen LogP contribution is 2.32. The smallest absolute Gasteiger partial charge is 0.273 e. The van der Waals surface area contributed by atoms with Crippen LogP contribution in [0.15, 0.2) is 23.3 Å². The molecule has 104 valence electrons. The standard InChI is InChI=1S/C13H15N5OS/c1-14-12-6-15-5-9(17-12)11-3-2-4-18(11)13(19)10-7-20-8-16-10/h5-8,11H,2-4H2,1H3,(H,14,17)/t11-/m0/s1. The zero-order valence-corrected chi connectivity index (χ0v) is 11.9. The maximum Gasteiger partial charge on any atom is 0.273 e. The number of carbonyl (C=O) groups excluding carboxylic acids is 1. The Labute approximate surface area is 120 Å². The van der Waals surface area contributed by atoms with Crippen LogP contribution in [0.3, 0.4) is 0 Å². The van der Waals surface area contributed by atoms with Crippen LogP contribution in [0.5, 0.6) is 0 Å². The minimum Gasteiger partial charge on any atom is -0.372 e. The van der Waals surface area contributed by atoms with Gasteiger partial charge in [-0.25, -0.2) is 9.97 Å². The summed E-state index contributed by atoms with van der Waals surface area (Å²) in [5.74, 6) is 0.695. The molecular formula is C13H15N5OS. The van der Waals surface area contributed by atoms with Crippen LogP contribution in [0.2, 0.25) is 0 Å². The van der Waals surface area contributed by atoms with Gasteiger partial charge in [0, 0.05) is 19.0 Å². The van der Waals surface area contributed by atoms with Gasteiger partial charge in [0.15, 0.2) is 0 Å². The molecule has 0 aliphatic carbocycles. The molecule has 6 nitrogen and oxygen atoms in total. The normalized spacial score (nSPS) is 18.2. The van der Waals surface area contributed by atoms with Gasteiger partial charge < -0.3 is 10.2 Å². The average molecular weight is 289 g/mol. The van der Waals surface area contributed by atoms with Crippen LogP contribution in [-0.4, -0.2) is 39.4 Å². The fourth-order valence-electron chi connectivity index (χ4n) is 2.44. The van der Waals surface area contributed by atoms with E-state index in [2.05, 4.69) is 20.3 Å². The molecule has 1 fully saturated rings. The summed E-state index contributed by atoms with van der Waals surface area (Å²) in [6.07, 6.45) is 5.30. The maximum absolute atomic E-state index is 12.5. The summed E-state index contributed by atoms with van der Waals surface area (Å²) >= 11 is 1.43. The number of likely N-dealkylation sites (tertiary alicyclic amines) is 1. The van der Waals surface area contributed by atoms with E-state index in [0.29, 0.717) is 5.69 Å². The van der Waals surface area contributed by atoms with Crippen LogP contribution >= 0.6 is 11.3 Å². The molecule has 1 amide bonds. The van der Waals surface area contributed by atoms with Crippen LogP contribution in [-0.2, 0) is 0 Å². The molecule has 3 rings (SSSR count). The summed E-state index contributed by atoms with van der Waals surface area (Å²) in [6, 6.07) is -0.00926. The van der Waals surface area contributed by atoms with Crippen molar-refractivity contribution in [2.75, 3.05) is 18.9 Å². The minimum atomic E-state index is -0.0228. The minimum absolute atomic E-state index is 0.00926. The largest absolute Gasteiger partial charge is 0.372 e. The quantitative estimate of drug-likeness (QED) is 0.935. The van der Waals surface area contributed by atoms with E-state index in [9.17, 15) is 4.79 Å². The summed E-state index contributed by atoms with van der Waals surface area (Å²) in [5, 5.41) is 4.76. The van der Waals surface area contributed by atoms with Crippen LogP contribution < -0.4 is 5.32 Å². The molecule has 0 radical (unpaired) electrons. The molecule has 2 aromatic rings. The number of carbonyl (C=O) groups is 1. The number of rotatable bonds is 3. The third kappa shape index (κ3) is 2.36. The molecule has 2 aromatic heterocycles. The van der Waals surface area contributed by atoms with Crippen molar-refractivity contribution >= 4 is 23.1 Å². The van der Waals surface area contributed by atoms with Gasteiger partial charge in [0.25, 0.3) is 5.91 Å². The van der Waals surface area contributed by atoms with E-state index in [1.165, 1.54) is 11.3 Å². The second-order valence-electron chi connectivity index (χ2n) is 4.61. The lowest BCUT2D eigenvalue weighted by Crippen LogP contribution is -2.31. The second-order valence-corrected chi connectivity index (χ2v) is 5.33. The number of anilines is 1. The second kappa shape index (κ2) is 5.54. The molecule has 1 N–H and O–H groups in total. The molecule has 0 spiro atoms. The van der Waals surface area contributed by atoms with E-state index < -0.39 is 0 Å². The topological polar surface area (TPSA) is 71.0 Å². The monoisotopic (exact) mass is 289 g/mol. The van der Waals surface area contributed by atoms with Crippen molar-refractivity contribution in [2.24, 2.45) is 0 Å². The molecule has 1 saturated heterocycles. The lowest BCUT2D eigenvalue weighted by Gasteiger charge is -2.23. The number of hydrogen-bond acceptors (Lipinski definition) is 6. The van der Waals surface area contributed by atoms with E-state index >= 15 is 0 Å². The van der Waals surface area contributed by atoms with Gasteiger partial charge >= 0.3 is 0 Å².